The van der Waals surface area contributed by atoms with Crippen LogP contribution in [-0.4, -0.2) is 4.92 Å². The lowest BCUT2D eigenvalue weighted by atomic mass is 10.2. The SMILES string of the molecule is O=[N+]([O-])c1cc(F)c(Cl)cc1NCc1ccc(F)cc1F. The Kier molecular flexibility index (Phi) is 4.32. The van der Waals surface area contributed by atoms with E-state index in [1.807, 2.05) is 0 Å². The molecule has 8 heteroatoms. The van der Waals surface area contributed by atoms with Gasteiger partial charge in [-0.05, 0) is 12.1 Å². The first-order chi connectivity index (χ1) is 9.88. The van der Waals surface area contributed by atoms with Crippen molar-refractivity contribution in [2.24, 2.45) is 0 Å². The third-order valence-electron chi connectivity index (χ3n) is 2.72. The molecule has 0 aliphatic heterocycles. The minimum Gasteiger partial charge on any atom is -0.375 e. The van der Waals surface area contributed by atoms with Gasteiger partial charge in [0.1, 0.15) is 23.1 Å². The highest BCUT2D eigenvalue weighted by molar-refractivity contribution is 6.31. The van der Waals surface area contributed by atoms with Gasteiger partial charge in [-0.15, -0.1) is 0 Å². The van der Waals surface area contributed by atoms with Crippen LogP contribution in [0.3, 0.4) is 0 Å². The summed E-state index contributed by atoms with van der Waals surface area (Å²) in [5, 5.41) is 13.1. The summed E-state index contributed by atoms with van der Waals surface area (Å²) in [6.45, 7) is -0.144. The second-order valence-corrected chi connectivity index (χ2v) is 4.54. The summed E-state index contributed by atoms with van der Waals surface area (Å²) in [4.78, 5) is 10.1. The first kappa shape index (κ1) is 15.1. The van der Waals surface area contributed by atoms with Gasteiger partial charge in [-0.25, -0.2) is 13.2 Å². The van der Waals surface area contributed by atoms with Crippen LogP contribution in [0.2, 0.25) is 5.02 Å². The Morgan fingerprint density at radius 1 is 1.14 bits per heavy atom. The maximum atomic E-state index is 13.5. The van der Waals surface area contributed by atoms with E-state index in [-0.39, 0.29) is 22.8 Å². The van der Waals surface area contributed by atoms with Gasteiger partial charge in [-0.3, -0.25) is 10.1 Å². The Bertz CT molecular complexity index is 710. The molecule has 2 rings (SSSR count). The maximum absolute atomic E-state index is 13.5. The van der Waals surface area contributed by atoms with Gasteiger partial charge >= 0.3 is 0 Å². The predicted octanol–water partition coefficient (Wildman–Crippen LogP) is 4.28. The van der Waals surface area contributed by atoms with Crippen molar-refractivity contribution in [2.45, 2.75) is 6.54 Å². The lowest BCUT2D eigenvalue weighted by molar-refractivity contribution is -0.384. The van der Waals surface area contributed by atoms with Crippen LogP contribution >= 0.6 is 11.6 Å². The summed E-state index contributed by atoms with van der Waals surface area (Å²) in [5.41, 5.74) is -0.485. The van der Waals surface area contributed by atoms with Crippen LogP contribution in [0, 0.1) is 27.6 Å². The number of nitrogens with zero attached hydrogens (tertiary/aromatic N) is 1. The van der Waals surface area contributed by atoms with Gasteiger partial charge in [-0.1, -0.05) is 17.7 Å². The van der Waals surface area contributed by atoms with Gasteiger partial charge in [0.15, 0.2) is 0 Å². The molecule has 0 heterocycles. The van der Waals surface area contributed by atoms with Crippen LogP contribution in [0.4, 0.5) is 24.5 Å². The van der Waals surface area contributed by atoms with Gasteiger partial charge in [0.05, 0.1) is 16.0 Å². The monoisotopic (exact) mass is 316 g/mol. The summed E-state index contributed by atoms with van der Waals surface area (Å²) in [5.74, 6) is -2.45. The van der Waals surface area contributed by atoms with E-state index < -0.39 is 28.1 Å². The molecule has 4 nitrogen and oxygen atoms in total. The molecule has 0 aliphatic rings. The quantitative estimate of drug-likeness (QED) is 0.676. The molecule has 0 fully saturated rings. The Balaban J connectivity index is 2.27. The molecule has 0 saturated carbocycles. The third kappa shape index (κ3) is 3.43. The molecule has 0 radical (unpaired) electrons. The number of rotatable bonds is 4. The Morgan fingerprint density at radius 2 is 1.86 bits per heavy atom. The molecule has 1 N–H and O–H groups in total. The smallest absolute Gasteiger partial charge is 0.295 e. The van der Waals surface area contributed by atoms with E-state index in [4.69, 9.17) is 11.6 Å². The normalized spacial score (nSPS) is 10.5. The molecule has 0 aliphatic carbocycles. The van der Waals surface area contributed by atoms with E-state index in [2.05, 4.69) is 5.32 Å². The average Bonchev–Trinajstić information content (AvgIpc) is 2.41. The molecule has 0 saturated heterocycles. The van der Waals surface area contributed by atoms with E-state index in [0.717, 1.165) is 12.1 Å². The van der Waals surface area contributed by atoms with Crippen molar-refractivity contribution in [1.82, 2.24) is 0 Å². The van der Waals surface area contributed by atoms with Crippen molar-refractivity contribution in [1.29, 1.82) is 0 Å². The van der Waals surface area contributed by atoms with Crippen molar-refractivity contribution < 1.29 is 18.1 Å². The molecule has 0 atom stereocenters. The minimum absolute atomic E-state index is 0.0601. The van der Waals surface area contributed by atoms with E-state index in [9.17, 15) is 23.3 Å². The number of hydrogen-bond acceptors (Lipinski definition) is 3. The molecule has 0 aromatic heterocycles. The lowest BCUT2D eigenvalue weighted by Gasteiger charge is -2.09. The standard InChI is InChI=1S/C13H8ClF3N2O2/c14-9-4-12(13(19(20)21)5-11(9)17)18-6-7-1-2-8(15)3-10(7)16/h1-5,18H,6H2. The zero-order valence-electron chi connectivity index (χ0n) is 10.4. The summed E-state index contributed by atoms with van der Waals surface area (Å²) in [6, 6.07) is 4.67. The molecule has 0 bridgehead atoms. The minimum atomic E-state index is -0.929. The summed E-state index contributed by atoms with van der Waals surface area (Å²) in [6.07, 6.45) is 0. The average molecular weight is 317 g/mol. The lowest BCUT2D eigenvalue weighted by Crippen LogP contribution is -2.05. The topological polar surface area (TPSA) is 55.2 Å². The van der Waals surface area contributed by atoms with Crippen molar-refractivity contribution in [3.63, 3.8) is 0 Å². The zero-order chi connectivity index (χ0) is 15.6. The second-order valence-electron chi connectivity index (χ2n) is 4.13. The largest absolute Gasteiger partial charge is 0.375 e. The highest BCUT2D eigenvalue weighted by Gasteiger charge is 2.18. The second kappa shape index (κ2) is 6.01. The fraction of sp³-hybridized carbons (Fsp3) is 0.0769. The van der Waals surface area contributed by atoms with Gasteiger partial charge in [0.2, 0.25) is 0 Å². The first-order valence-corrected chi connectivity index (χ1v) is 6.07. The fourth-order valence-corrected chi connectivity index (χ4v) is 1.85. The molecule has 21 heavy (non-hydrogen) atoms. The number of anilines is 1. The van der Waals surface area contributed by atoms with Crippen molar-refractivity contribution in [3.05, 3.63) is 68.5 Å². The number of hydrogen-bond donors (Lipinski definition) is 1. The molecule has 2 aromatic rings. The molecule has 0 spiro atoms. The van der Waals surface area contributed by atoms with Gasteiger partial charge in [0.25, 0.3) is 5.69 Å². The first-order valence-electron chi connectivity index (χ1n) is 5.69. The van der Waals surface area contributed by atoms with Crippen LogP contribution < -0.4 is 5.32 Å². The molecule has 110 valence electrons. The Morgan fingerprint density at radius 3 is 2.48 bits per heavy atom. The Hall–Kier alpha value is -2.28. The zero-order valence-corrected chi connectivity index (χ0v) is 11.1. The number of nitro groups is 1. The van der Waals surface area contributed by atoms with E-state index in [1.165, 1.54) is 6.07 Å². The highest BCUT2D eigenvalue weighted by atomic mass is 35.5. The van der Waals surface area contributed by atoms with Crippen LogP contribution in [0.1, 0.15) is 5.56 Å². The number of benzene rings is 2. The van der Waals surface area contributed by atoms with Crippen LogP contribution in [0.5, 0.6) is 0 Å². The van der Waals surface area contributed by atoms with Crippen LogP contribution in [0.25, 0.3) is 0 Å². The highest BCUT2D eigenvalue weighted by Crippen LogP contribution is 2.30. The molecule has 0 unspecified atom stereocenters. The van der Waals surface area contributed by atoms with Crippen molar-refractivity contribution in [3.8, 4) is 0 Å². The van der Waals surface area contributed by atoms with Gasteiger partial charge in [0, 0.05) is 18.2 Å². The maximum Gasteiger partial charge on any atom is 0.295 e. The summed E-state index contributed by atoms with van der Waals surface area (Å²) < 4.78 is 39.5. The molecule has 2 aromatic carbocycles. The Labute approximate surface area is 122 Å². The predicted molar refractivity (Wildman–Crippen MR) is 71.7 cm³/mol. The van der Waals surface area contributed by atoms with E-state index >= 15 is 0 Å². The molecular formula is C13H8ClF3N2O2. The number of nitrogens with one attached hydrogen (secondary N) is 1. The molecule has 0 amide bonds. The number of halogens is 4. The van der Waals surface area contributed by atoms with Crippen molar-refractivity contribution in [2.75, 3.05) is 5.32 Å². The van der Waals surface area contributed by atoms with Crippen LogP contribution in [-0.2, 0) is 6.54 Å². The van der Waals surface area contributed by atoms with E-state index in [1.54, 1.807) is 0 Å². The third-order valence-corrected chi connectivity index (χ3v) is 3.01. The van der Waals surface area contributed by atoms with Crippen molar-refractivity contribution >= 4 is 23.0 Å². The fourth-order valence-electron chi connectivity index (χ4n) is 1.68. The van der Waals surface area contributed by atoms with Gasteiger partial charge in [-0.2, -0.15) is 0 Å². The summed E-state index contributed by atoms with van der Waals surface area (Å²) in [7, 11) is 0. The van der Waals surface area contributed by atoms with Crippen LogP contribution in [0.15, 0.2) is 30.3 Å². The van der Waals surface area contributed by atoms with E-state index in [0.29, 0.717) is 12.1 Å². The van der Waals surface area contributed by atoms with Gasteiger partial charge < -0.3 is 5.32 Å². The number of nitro benzene ring substituents is 1. The molecular weight excluding hydrogens is 309 g/mol. The summed E-state index contributed by atoms with van der Waals surface area (Å²) >= 11 is 5.56.